The lowest BCUT2D eigenvalue weighted by atomic mass is 10.1. The number of methoxy groups -OCH3 is 1. The second-order valence-corrected chi connectivity index (χ2v) is 5.06. The maximum absolute atomic E-state index is 6.04. The van der Waals surface area contributed by atoms with Crippen LogP contribution in [0.5, 0.6) is 5.75 Å². The summed E-state index contributed by atoms with van der Waals surface area (Å²) < 4.78 is 5.27. The first-order valence-corrected chi connectivity index (χ1v) is 6.80. The fourth-order valence-electron chi connectivity index (χ4n) is 2.35. The molecule has 0 aliphatic heterocycles. The van der Waals surface area contributed by atoms with Crippen LogP contribution in [-0.2, 0) is 6.54 Å². The Labute approximate surface area is 121 Å². The van der Waals surface area contributed by atoms with Gasteiger partial charge >= 0.3 is 0 Å². The van der Waals surface area contributed by atoms with Crippen LogP contribution in [0.25, 0.3) is 0 Å². The molecule has 0 spiro atoms. The molecule has 0 saturated carbocycles. The van der Waals surface area contributed by atoms with Gasteiger partial charge in [-0.25, -0.2) is 0 Å². The molecule has 2 aromatic carbocycles. The zero-order chi connectivity index (χ0) is 14.5. The highest BCUT2D eigenvalue weighted by Gasteiger charge is 2.10. The molecular weight excluding hydrogens is 248 g/mol. The third-order valence-corrected chi connectivity index (χ3v) is 3.39. The summed E-state index contributed by atoms with van der Waals surface area (Å²) in [7, 11) is 3.77. The van der Waals surface area contributed by atoms with Gasteiger partial charge in [0.2, 0.25) is 0 Å². The van der Waals surface area contributed by atoms with Gasteiger partial charge in [0.1, 0.15) is 5.75 Å². The molecule has 0 saturated heterocycles. The van der Waals surface area contributed by atoms with Crippen molar-refractivity contribution in [3.63, 3.8) is 0 Å². The predicted octanol–water partition coefficient (Wildman–Crippen LogP) is 3.35. The fourth-order valence-corrected chi connectivity index (χ4v) is 2.35. The van der Waals surface area contributed by atoms with Gasteiger partial charge in [0.05, 0.1) is 7.11 Å². The van der Waals surface area contributed by atoms with Crippen molar-refractivity contribution in [1.82, 2.24) is 0 Å². The maximum atomic E-state index is 6.04. The number of nitrogens with zero attached hydrogens (tertiary/aromatic N) is 1. The minimum atomic E-state index is 0.0268. The van der Waals surface area contributed by atoms with Crippen LogP contribution in [0.3, 0.4) is 0 Å². The first kappa shape index (κ1) is 14.4. The summed E-state index contributed by atoms with van der Waals surface area (Å²) in [4.78, 5) is 2.22. The molecule has 1 atom stereocenters. The van der Waals surface area contributed by atoms with Crippen molar-refractivity contribution in [3.8, 4) is 5.75 Å². The molecule has 0 aromatic heterocycles. The summed E-state index contributed by atoms with van der Waals surface area (Å²) in [6.07, 6.45) is 0. The van der Waals surface area contributed by atoms with Crippen molar-refractivity contribution < 1.29 is 4.74 Å². The average molecular weight is 270 g/mol. The van der Waals surface area contributed by atoms with Crippen LogP contribution in [0, 0.1) is 0 Å². The summed E-state index contributed by atoms with van der Waals surface area (Å²) in [6.45, 7) is 2.83. The van der Waals surface area contributed by atoms with E-state index in [4.69, 9.17) is 10.5 Å². The molecule has 0 bridgehead atoms. The van der Waals surface area contributed by atoms with Crippen LogP contribution in [0.1, 0.15) is 24.1 Å². The van der Waals surface area contributed by atoms with Crippen LogP contribution in [0.4, 0.5) is 5.69 Å². The van der Waals surface area contributed by atoms with Gasteiger partial charge < -0.3 is 15.4 Å². The topological polar surface area (TPSA) is 38.5 Å². The Morgan fingerprint density at radius 1 is 1.15 bits per heavy atom. The molecule has 0 radical (unpaired) electrons. The molecule has 2 aromatic rings. The Balaban J connectivity index is 2.21. The van der Waals surface area contributed by atoms with Crippen LogP contribution in [0.2, 0.25) is 0 Å². The number of anilines is 1. The third kappa shape index (κ3) is 3.31. The van der Waals surface area contributed by atoms with Crippen LogP contribution >= 0.6 is 0 Å². The maximum Gasteiger partial charge on any atom is 0.119 e. The summed E-state index contributed by atoms with van der Waals surface area (Å²) in [5.41, 5.74) is 9.60. The lowest BCUT2D eigenvalue weighted by Crippen LogP contribution is -2.20. The largest absolute Gasteiger partial charge is 0.497 e. The fraction of sp³-hybridized carbons (Fsp3) is 0.294. The van der Waals surface area contributed by atoms with Gasteiger partial charge in [0.25, 0.3) is 0 Å². The number of hydrogen-bond donors (Lipinski definition) is 1. The van der Waals surface area contributed by atoms with E-state index >= 15 is 0 Å². The van der Waals surface area contributed by atoms with Crippen molar-refractivity contribution in [3.05, 3.63) is 59.7 Å². The monoisotopic (exact) mass is 270 g/mol. The van der Waals surface area contributed by atoms with E-state index in [1.165, 1.54) is 11.3 Å². The molecule has 20 heavy (non-hydrogen) atoms. The molecular formula is C17H22N2O. The number of ether oxygens (including phenoxy) is 1. The van der Waals surface area contributed by atoms with E-state index in [1.807, 2.05) is 31.2 Å². The SMILES string of the molecule is COc1cccc(CN(C)c2ccccc2[C@@H](C)N)c1. The van der Waals surface area contributed by atoms with Crippen molar-refractivity contribution in [2.75, 3.05) is 19.1 Å². The van der Waals surface area contributed by atoms with E-state index in [-0.39, 0.29) is 6.04 Å². The molecule has 2 rings (SSSR count). The van der Waals surface area contributed by atoms with Gasteiger partial charge in [0.15, 0.2) is 0 Å². The Hall–Kier alpha value is -2.00. The summed E-state index contributed by atoms with van der Waals surface area (Å²) in [5, 5.41) is 0. The summed E-state index contributed by atoms with van der Waals surface area (Å²) in [6, 6.07) is 16.4. The van der Waals surface area contributed by atoms with Gasteiger partial charge in [-0.15, -0.1) is 0 Å². The second-order valence-electron chi connectivity index (χ2n) is 5.06. The highest BCUT2D eigenvalue weighted by Crippen LogP contribution is 2.25. The van der Waals surface area contributed by atoms with Gasteiger partial charge in [0, 0.05) is 25.3 Å². The summed E-state index contributed by atoms with van der Waals surface area (Å²) >= 11 is 0. The molecule has 0 unspecified atom stereocenters. The Bertz CT molecular complexity index is 566. The third-order valence-electron chi connectivity index (χ3n) is 3.39. The Kier molecular flexibility index (Phi) is 4.64. The average Bonchev–Trinajstić information content (AvgIpc) is 2.47. The molecule has 0 heterocycles. The van der Waals surface area contributed by atoms with Gasteiger partial charge in [-0.2, -0.15) is 0 Å². The molecule has 2 N–H and O–H groups in total. The Morgan fingerprint density at radius 2 is 1.90 bits per heavy atom. The zero-order valence-electron chi connectivity index (χ0n) is 12.3. The van der Waals surface area contributed by atoms with Gasteiger partial charge in [-0.05, 0) is 36.2 Å². The van der Waals surface area contributed by atoms with E-state index in [0.29, 0.717) is 0 Å². The van der Waals surface area contributed by atoms with Crippen molar-refractivity contribution >= 4 is 5.69 Å². The molecule has 0 aliphatic rings. The first-order valence-electron chi connectivity index (χ1n) is 6.80. The van der Waals surface area contributed by atoms with Crippen LogP contribution in [0.15, 0.2) is 48.5 Å². The first-order chi connectivity index (χ1) is 9.61. The second kappa shape index (κ2) is 6.44. The lowest BCUT2D eigenvalue weighted by Gasteiger charge is -2.24. The minimum absolute atomic E-state index is 0.0268. The van der Waals surface area contributed by atoms with Crippen LogP contribution in [-0.4, -0.2) is 14.2 Å². The van der Waals surface area contributed by atoms with Crippen molar-refractivity contribution in [2.45, 2.75) is 19.5 Å². The van der Waals surface area contributed by atoms with Gasteiger partial charge in [-0.3, -0.25) is 0 Å². The zero-order valence-corrected chi connectivity index (χ0v) is 12.3. The molecule has 3 nitrogen and oxygen atoms in total. The molecule has 0 aliphatic carbocycles. The number of rotatable bonds is 5. The summed E-state index contributed by atoms with van der Waals surface area (Å²) in [5.74, 6) is 0.886. The smallest absolute Gasteiger partial charge is 0.119 e. The normalized spacial score (nSPS) is 12.0. The molecule has 0 amide bonds. The van der Waals surface area contributed by atoms with E-state index < -0.39 is 0 Å². The minimum Gasteiger partial charge on any atom is -0.497 e. The van der Waals surface area contributed by atoms with Crippen molar-refractivity contribution in [1.29, 1.82) is 0 Å². The van der Waals surface area contributed by atoms with E-state index in [0.717, 1.165) is 17.9 Å². The van der Waals surface area contributed by atoms with E-state index in [9.17, 15) is 0 Å². The Morgan fingerprint density at radius 3 is 2.60 bits per heavy atom. The van der Waals surface area contributed by atoms with E-state index in [1.54, 1.807) is 7.11 Å². The number of hydrogen-bond acceptors (Lipinski definition) is 3. The van der Waals surface area contributed by atoms with Crippen molar-refractivity contribution in [2.24, 2.45) is 5.73 Å². The predicted molar refractivity (Wildman–Crippen MR) is 84.1 cm³/mol. The quantitative estimate of drug-likeness (QED) is 0.905. The number of para-hydroxylation sites is 1. The number of nitrogens with two attached hydrogens (primary N) is 1. The lowest BCUT2D eigenvalue weighted by molar-refractivity contribution is 0.414. The molecule has 0 fully saturated rings. The molecule has 3 heteroatoms. The van der Waals surface area contributed by atoms with Gasteiger partial charge in [-0.1, -0.05) is 30.3 Å². The molecule has 106 valence electrons. The highest BCUT2D eigenvalue weighted by molar-refractivity contribution is 5.54. The van der Waals surface area contributed by atoms with E-state index in [2.05, 4.69) is 36.2 Å². The highest BCUT2D eigenvalue weighted by atomic mass is 16.5. The number of benzene rings is 2. The van der Waals surface area contributed by atoms with Crippen LogP contribution < -0.4 is 15.4 Å². The standard InChI is InChI=1S/C17H22N2O/c1-13(18)16-9-4-5-10-17(16)19(2)12-14-7-6-8-15(11-14)20-3/h4-11,13H,12,18H2,1-3H3/t13-/m1/s1.